The van der Waals surface area contributed by atoms with Crippen LogP contribution in [0.2, 0.25) is 0 Å². The quantitative estimate of drug-likeness (QED) is 0.101. The lowest BCUT2D eigenvalue weighted by Gasteiger charge is -2.32. The van der Waals surface area contributed by atoms with Crippen molar-refractivity contribution in [2.24, 2.45) is 48.9 Å². The lowest BCUT2D eigenvalue weighted by Crippen LogP contribution is -2.32. The van der Waals surface area contributed by atoms with Crippen molar-refractivity contribution in [2.75, 3.05) is 0 Å². The summed E-state index contributed by atoms with van der Waals surface area (Å²) in [4.78, 5) is 11.6. The summed E-state index contributed by atoms with van der Waals surface area (Å²) in [7, 11) is -4.67. The highest BCUT2D eigenvalue weighted by Crippen LogP contribution is 2.63. The van der Waals surface area contributed by atoms with Crippen molar-refractivity contribution in [1.82, 2.24) is 0 Å². The van der Waals surface area contributed by atoms with Crippen LogP contribution in [0, 0.1) is 27.8 Å². The molecule has 2 rings (SSSR count). The summed E-state index contributed by atoms with van der Waals surface area (Å²) in [5.74, 6) is 10.2. The van der Waals surface area contributed by atoms with E-state index in [1.807, 2.05) is 0 Å². The normalized spacial score (nSPS) is 25.4. The molecule has 26 heavy (non-hydrogen) atoms. The molecule has 2 fully saturated rings. The number of ketones is 1. The van der Waals surface area contributed by atoms with E-state index >= 15 is 0 Å². The van der Waals surface area contributed by atoms with Crippen LogP contribution < -0.4 is 11.7 Å². The average Bonchev–Trinajstić information content (AvgIpc) is 2.82. The molecule has 2 bridgehead atoms. The number of Topliss-reactive ketones (excluding diaryl/α,β-unsaturated/α-hetero) is 1. The van der Waals surface area contributed by atoms with Gasteiger partial charge < -0.3 is 11.7 Å². The summed E-state index contributed by atoms with van der Waals surface area (Å²) in [6.45, 7) is 6.67. The standard InChI is InChI=1S/C10H16O.2CH4N4.H2O4S/c1-9(2)7-4-5-10(9,3)8(11)6-7;2*2-4-1-5-3;1-5(2,3)4/h7H,4-6H2,1-3H3;2*1-2H,3H2;(H2,1,2,3,4). The van der Waals surface area contributed by atoms with Crippen LogP contribution in [0.4, 0.5) is 0 Å². The zero-order valence-electron chi connectivity index (χ0n) is 14.8. The molecule has 0 amide bonds. The average molecular weight is 394 g/mol. The van der Waals surface area contributed by atoms with Gasteiger partial charge in [0.15, 0.2) is 12.7 Å². The molecule has 0 radical (unpaired) electrons. The summed E-state index contributed by atoms with van der Waals surface area (Å²) in [5.41, 5.74) is 12.3. The Bertz CT molecular complexity index is 610. The van der Waals surface area contributed by atoms with E-state index in [2.05, 4.69) is 52.9 Å². The monoisotopic (exact) mass is 394 g/mol. The number of hydrogen-bond acceptors (Lipinski definition) is 9. The van der Waals surface area contributed by atoms with Gasteiger partial charge in [0.05, 0.1) is 0 Å². The highest BCUT2D eigenvalue weighted by atomic mass is 32.3. The molecular formula is C12H26N8O5S. The van der Waals surface area contributed by atoms with Crippen LogP contribution in [0.1, 0.15) is 40.0 Å². The number of rotatable bonds is 2. The molecule has 2 saturated carbocycles. The molecule has 0 saturated heterocycles. The number of fused-ring (bicyclic) bond motifs is 2. The Morgan fingerprint density at radius 1 is 1.12 bits per heavy atom. The molecular weight excluding hydrogens is 368 g/mol. The molecule has 0 spiro atoms. The number of nitrogens with zero attached hydrogens (tertiary/aromatic N) is 4. The van der Waals surface area contributed by atoms with Crippen molar-refractivity contribution in [3.8, 4) is 0 Å². The molecule has 2 aliphatic carbocycles. The van der Waals surface area contributed by atoms with Crippen molar-refractivity contribution in [2.45, 2.75) is 40.0 Å². The van der Waals surface area contributed by atoms with Gasteiger partial charge in [-0.15, -0.1) is 10.2 Å². The molecule has 0 aromatic rings. The van der Waals surface area contributed by atoms with Gasteiger partial charge in [-0.2, -0.15) is 18.6 Å². The minimum Gasteiger partial charge on any atom is -0.322 e. The van der Waals surface area contributed by atoms with Gasteiger partial charge >= 0.3 is 10.4 Å². The van der Waals surface area contributed by atoms with E-state index in [0.29, 0.717) is 11.7 Å². The lowest BCUT2D eigenvalue weighted by molar-refractivity contribution is -0.128. The minimum atomic E-state index is -4.67. The highest BCUT2D eigenvalue weighted by Gasteiger charge is 2.61. The Morgan fingerprint density at radius 3 is 1.58 bits per heavy atom. The van der Waals surface area contributed by atoms with Gasteiger partial charge in [0.1, 0.15) is 5.78 Å². The van der Waals surface area contributed by atoms with E-state index < -0.39 is 10.4 Å². The zero-order chi connectivity index (χ0) is 21.0. The van der Waals surface area contributed by atoms with Crippen molar-refractivity contribution >= 4 is 28.9 Å². The topological polar surface area (TPSA) is 241 Å². The first-order chi connectivity index (χ1) is 11.8. The van der Waals surface area contributed by atoms with Gasteiger partial charge in [-0.25, -0.2) is 11.1 Å². The molecule has 14 heteroatoms. The Kier molecular flexibility index (Phi) is 11.3. The molecule has 2 unspecified atom stereocenters. The fourth-order valence-corrected chi connectivity index (χ4v) is 2.97. The minimum absolute atomic E-state index is 0.0255. The molecule has 8 N–H and O–H groups in total. The second-order valence-electron chi connectivity index (χ2n) is 6.15. The number of hydrogen-bond donors (Lipinski definition) is 6. The predicted molar refractivity (Wildman–Crippen MR) is 94.1 cm³/mol. The van der Waals surface area contributed by atoms with Crippen LogP contribution in [0.25, 0.3) is 0 Å². The molecule has 0 aromatic heterocycles. The van der Waals surface area contributed by atoms with E-state index in [4.69, 9.17) is 28.6 Å². The van der Waals surface area contributed by atoms with Gasteiger partial charge in [-0.1, -0.05) is 20.8 Å². The fourth-order valence-electron chi connectivity index (χ4n) is 2.97. The van der Waals surface area contributed by atoms with Gasteiger partial charge in [0.2, 0.25) is 0 Å². The Balaban J connectivity index is 0. The third-order valence-electron chi connectivity index (χ3n) is 4.73. The Labute approximate surface area is 151 Å². The van der Waals surface area contributed by atoms with Crippen molar-refractivity contribution < 1.29 is 22.3 Å². The smallest absolute Gasteiger partial charge is 0.322 e. The van der Waals surface area contributed by atoms with Crippen LogP contribution in [-0.2, 0) is 15.2 Å². The molecule has 0 aromatic carbocycles. The molecule has 0 heterocycles. The first-order valence-corrected chi connectivity index (χ1v) is 8.61. The van der Waals surface area contributed by atoms with Crippen LogP contribution >= 0.6 is 0 Å². The van der Waals surface area contributed by atoms with Crippen LogP contribution in [0.15, 0.2) is 20.4 Å². The van der Waals surface area contributed by atoms with Crippen molar-refractivity contribution in [3.63, 3.8) is 0 Å². The molecule has 150 valence electrons. The van der Waals surface area contributed by atoms with Crippen LogP contribution in [0.5, 0.6) is 0 Å². The molecule has 13 nitrogen and oxygen atoms in total. The van der Waals surface area contributed by atoms with Crippen molar-refractivity contribution in [3.05, 3.63) is 0 Å². The van der Waals surface area contributed by atoms with E-state index in [1.165, 1.54) is 6.42 Å². The lowest BCUT2D eigenvalue weighted by atomic mass is 9.70. The zero-order valence-corrected chi connectivity index (χ0v) is 15.6. The molecule has 2 atom stereocenters. The summed E-state index contributed by atoms with van der Waals surface area (Å²) in [5, 5.41) is 11.1. The maximum atomic E-state index is 11.6. The number of carbonyl (C=O) groups excluding carboxylic acids is 1. The summed E-state index contributed by atoms with van der Waals surface area (Å²) in [6, 6.07) is 0. The Morgan fingerprint density at radius 2 is 1.50 bits per heavy atom. The van der Waals surface area contributed by atoms with E-state index in [9.17, 15) is 4.79 Å². The van der Waals surface area contributed by atoms with Crippen LogP contribution in [0.3, 0.4) is 0 Å². The first kappa shape index (κ1) is 25.9. The largest absolute Gasteiger partial charge is 0.394 e. The van der Waals surface area contributed by atoms with Gasteiger partial charge in [0, 0.05) is 11.8 Å². The van der Waals surface area contributed by atoms with Crippen molar-refractivity contribution in [1.29, 1.82) is 11.1 Å². The predicted octanol–water partition coefficient (Wildman–Crippen LogP) is 1.59. The second kappa shape index (κ2) is 11.3. The number of nitrogens with two attached hydrogens (primary N) is 2. The second-order valence-corrected chi connectivity index (χ2v) is 7.05. The maximum Gasteiger partial charge on any atom is 0.394 e. The first-order valence-electron chi connectivity index (χ1n) is 7.21. The van der Waals surface area contributed by atoms with E-state index in [0.717, 1.165) is 25.5 Å². The third-order valence-corrected chi connectivity index (χ3v) is 4.73. The summed E-state index contributed by atoms with van der Waals surface area (Å²) >= 11 is 0. The molecule has 2 aliphatic rings. The number of nitrogens with one attached hydrogen (secondary N) is 2. The number of hydrazone groups is 2. The Hall–Kier alpha value is -2.32. The molecule has 0 aliphatic heterocycles. The SMILES string of the molecule is CC12CCC(CC1=O)C2(C)C.N=NC=NN.N=NC=NN.O=S(=O)(O)O. The van der Waals surface area contributed by atoms with E-state index in [-0.39, 0.29) is 10.8 Å². The van der Waals surface area contributed by atoms with Gasteiger partial charge in [0.25, 0.3) is 0 Å². The third kappa shape index (κ3) is 8.68. The van der Waals surface area contributed by atoms with Crippen LogP contribution in [-0.4, -0.2) is 36.0 Å². The summed E-state index contributed by atoms with van der Waals surface area (Å²) in [6.07, 6.45) is 5.14. The fraction of sp³-hybridized carbons (Fsp3) is 0.750. The highest BCUT2D eigenvalue weighted by molar-refractivity contribution is 7.79. The maximum absolute atomic E-state index is 11.6. The van der Waals surface area contributed by atoms with Gasteiger partial charge in [-0.3, -0.25) is 13.9 Å². The van der Waals surface area contributed by atoms with E-state index in [1.54, 1.807) is 0 Å². The van der Waals surface area contributed by atoms with Gasteiger partial charge in [-0.05, 0) is 24.2 Å². The number of carbonyl (C=O) groups is 1. The summed E-state index contributed by atoms with van der Waals surface area (Å²) < 4.78 is 31.6.